The third kappa shape index (κ3) is 3.89. The van der Waals surface area contributed by atoms with Gasteiger partial charge in [0.05, 0.1) is 5.92 Å². The summed E-state index contributed by atoms with van der Waals surface area (Å²) in [6.45, 7) is 5.75. The van der Waals surface area contributed by atoms with E-state index in [-0.39, 0.29) is 5.92 Å². The van der Waals surface area contributed by atoms with Crippen LogP contribution < -0.4 is 0 Å². The van der Waals surface area contributed by atoms with Crippen LogP contribution in [0.1, 0.15) is 31.4 Å². The molecule has 0 aliphatic heterocycles. The maximum Gasteiger partial charge on any atom is 0.306 e. The molecule has 2 heteroatoms. The molecule has 0 aliphatic rings. The first kappa shape index (κ1) is 12.5. The average Bonchev–Trinajstić information content (AvgIpc) is 2.21. The molecule has 0 radical (unpaired) electrons. The van der Waals surface area contributed by atoms with Crippen LogP contribution in [-0.4, -0.2) is 11.1 Å². The van der Waals surface area contributed by atoms with E-state index < -0.39 is 5.97 Å². The van der Waals surface area contributed by atoms with Crippen molar-refractivity contribution < 1.29 is 9.90 Å². The van der Waals surface area contributed by atoms with Gasteiger partial charge in [-0.2, -0.15) is 0 Å². The average molecular weight is 218 g/mol. The summed E-state index contributed by atoms with van der Waals surface area (Å²) < 4.78 is 0. The SMILES string of the molecule is CC(=Cc1ccc(C)cc1)CC(C)C(=O)O. The van der Waals surface area contributed by atoms with Gasteiger partial charge in [-0.15, -0.1) is 0 Å². The number of aliphatic carboxylic acids is 1. The van der Waals surface area contributed by atoms with E-state index in [4.69, 9.17) is 5.11 Å². The van der Waals surface area contributed by atoms with Gasteiger partial charge in [0.1, 0.15) is 0 Å². The lowest BCUT2D eigenvalue weighted by Crippen LogP contribution is -2.09. The molecule has 1 unspecified atom stereocenters. The van der Waals surface area contributed by atoms with Gasteiger partial charge >= 0.3 is 5.97 Å². The largest absolute Gasteiger partial charge is 0.481 e. The van der Waals surface area contributed by atoms with Gasteiger partial charge in [-0.25, -0.2) is 0 Å². The predicted octanol–water partition coefficient (Wildman–Crippen LogP) is 3.51. The highest BCUT2D eigenvalue weighted by Crippen LogP contribution is 2.15. The highest BCUT2D eigenvalue weighted by molar-refractivity contribution is 5.70. The fourth-order valence-electron chi connectivity index (χ4n) is 1.58. The van der Waals surface area contributed by atoms with Gasteiger partial charge < -0.3 is 5.11 Å². The molecular formula is C14H18O2. The normalized spacial score (nSPS) is 13.6. The van der Waals surface area contributed by atoms with Crippen LogP contribution in [0.5, 0.6) is 0 Å². The van der Waals surface area contributed by atoms with Crippen molar-refractivity contribution >= 4 is 12.0 Å². The summed E-state index contributed by atoms with van der Waals surface area (Å²) >= 11 is 0. The number of carbonyl (C=O) groups is 1. The smallest absolute Gasteiger partial charge is 0.306 e. The summed E-state index contributed by atoms with van der Waals surface area (Å²) in [6, 6.07) is 8.20. The Bertz CT molecular complexity index is 388. The molecule has 0 saturated carbocycles. The lowest BCUT2D eigenvalue weighted by Gasteiger charge is -2.06. The van der Waals surface area contributed by atoms with Crippen LogP contribution in [-0.2, 0) is 4.79 Å². The summed E-state index contributed by atoms with van der Waals surface area (Å²) in [5, 5.41) is 8.81. The van der Waals surface area contributed by atoms with Crippen LogP contribution in [0.3, 0.4) is 0 Å². The highest BCUT2D eigenvalue weighted by atomic mass is 16.4. The van der Waals surface area contributed by atoms with Gasteiger partial charge in [0.2, 0.25) is 0 Å². The van der Waals surface area contributed by atoms with Crippen molar-refractivity contribution in [3.63, 3.8) is 0 Å². The van der Waals surface area contributed by atoms with E-state index >= 15 is 0 Å². The van der Waals surface area contributed by atoms with Crippen molar-refractivity contribution in [2.45, 2.75) is 27.2 Å². The Kier molecular flexibility index (Phi) is 4.29. The van der Waals surface area contributed by atoms with E-state index in [0.29, 0.717) is 6.42 Å². The quantitative estimate of drug-likeness (QED) is 0.839. The zero-order valence-corrected chi connectivity index (χ0v) is 10.0. The second kappa shape index (κ2) is 5.50. The number of aryl methyl sites for hydroxylation is 1. The molecule has 0 aromatic heterocycles. The van der Waals surface area contributed by atoms with Gasteiger partial charge in [0, 0.05) is 0 Å². The first-order chi connectivity index (χ1) is 7.49. The molecule has 86 valence electrons. The number of benzene rings is 1. The third-order valence-corrected chi connectivity index (χ3v) is 2.54. The minimum Gasteiger partial charge on any atom is -0.481 e. The Morgan fingerprint density at radius 2 is 1.94 bits per heavy atom. The Balaban J connectivity index is 2.69. The number of hydrogen-bond acceptors (Lipinski definition) is 1. The van der Waals surface area contributed by atoms with E-state index in [0.717, 1.165) is 11.1 Å². The number of hydrogen-bond donors (Lipinski definition) is 1. The Morgan fingerprint density at radius 1 is 1.38 bits per heavy atom. The minimum atomic E-state index is -0.739. The van der Waals surface area contributed by atoms with Crippen LogP contribution in [0.4, 0.5) is 0 Å². The maximum absolute atomic E-state index is 10.7. The van der Waals surface area contributed by atoms with Crippen molar-refractivity contribution in [3.05, 3.63) is 41.0 Å². The van der Waals surface area contributed by atoms with Crippen LogP contribution in [0.2, 0.25) is 0 Å². The summed E-state index contributed by atoms with van der Waals surface area (Å²) in [5.41, 5.74) is 3.45. The molecule has 1 N–H and O–H groups in total. The van der Waals surface area contributed by atoms with Crippen molar-refractivity contribution in [2.24, 2.45) is 5.92 Å². The molecule has 0 saturated heterocycles. The lowest BCUT2D eigenvalue weighted by atomic mass is 10.0. The fraction of sp³-hybridized carbons (Fsp3) is 0.357. The molecule has 0 aliphatic carbocycles. The molecule has 1 aromatic rings. The van der Waals surface area contributed by atoms with Crippen molar-refractivity contribution in [3.8, 4) is 0 Å². The number of allylic oxidation sites excluding steroid dienone is 1. The topological polar surface area (TPSA) is 37.3 Å². The lowest BCUT2D eigenvalue weighted by molar-refractivity contribution is -0.141. The first-order valence-corrected chi connectivity index (χ1v) is 5.45. The summed E-state index contributed by atoms with van der Waals surface area (Å²) in [6.07, 6.45) is 2.64. The highest BCUT2D eigenvalue weighted by Gasteiger charge is 2.10. The number of rotatable bonds is 4. The molecule has 0 fully saturated rings. The standard InChI is InChI=1S/C14H18O2/c1-10-4-6-13(7-5-10)9-11(2)8-12(3)14(15)16/h4-7,9,12H,8H2,1-3H3,(H,15,16). The molecule has 0 heterocycles. The van der Waals surface area contributed by atoms with E-state index in [2.05, 4.69) is 12.1 Å². The van der Waals surface area contributed by atoms with Gasteiger partial charge in [-0.1, -0.05) is 48.4 Å². The van der Waals surface area contributed by atoms with Gasteiger partial charge in [0.25, 0.3) is 0 Å². The van der Waals surface area contributed by atoms with E-state index in [9.17, 15) is 4.79 Å². The molecule has 1 aromatic carbocycles. The number of carboxylic acid groups (broad SMARTS) is 1. The van der Waals surface area contributed by atoms with Gasteiger partial charge in [-0.05, 0) is 25.8 Å². The zero-order chi connectivity index (χ0) is 12.1. The van der Waals surface area contributed by atoms with Gasteiger partial charge in [-0.3, -0.25) is 4.79 Å². The predicted molar refractivity (Wildman–Crippen MR) is 66.2 cm³/mol. The Labute approximate surface area is 96.6 Å². The van der Waals surface area contributed by atoms with E-state index in [1.165, 1.54) is 5.56 Å². The maximum atomic E-state index is 10.7. The molecule has 0 amide bonds. The van der Waals surface area contributed by atoms with E-state index in [1.807, 2.05) is 32.1 Å². The number of carboxylic acids is 1. The van der Waals surface area contributed by atoms with Crippen molar-refractivity contribution in [1.29, 1.82) is 0 Å². The molecule has 1 atom stereocenters. The molecule has 16 heavy (non-hydrogen) atoms. The van der Waals surface area contributed by atoms with Crippen LogP contribution in [0, 0.1) is 12.8 Å². The van der Waals surface area contributed by atoms with E-state index in [1.54, 1.807) is 6.92 Å². The molecule has 2 nitrogen and oxygen atoms in total. The van der Waals surface area contributed by atoms with Crippen molar-refractivity contribution in [1.82, 2.24) is 0 Å². The Hall–Kier alpha value is -1.57. The summed E-state index contributed by atoms with van der Waals surface area (Å²) in [5.74, 6) is -1.06. The second-order valence-corrected chi connectivity index (χ2v) is 4.34. The van der Waals surface area contributed by atoms with Gasteiger partial charge in [0.15, 0.2) is 0 Å². The Morgan fingerprint density at radius 3 is 2.44 bits per heavy atom. The molecular weight excluding hydrogens is 200 g/mol. The second-order valence-electron chi connectivity index (χ2n) is 4.34. The summed E-state index contributed by atoms with van der Waals surface area (Å²) in [4.78, 5) is 10.7. The monoisotopic (exact) mass is 218 g/mol. The minimum absolute atomic E-state index is 0.318. The van der Waals surface area contributed by atoms with Crippen LogP contribution in [0.25, 0.3) is 6.08 Å². The molecule has 0 spiro atoms. The zero-order valence-electron chi connectivity index (χ0n) is 10.0. The third-order valence-electron chi connectivity index (χ3n) is 2.54. The summed E-state index contributed by atoms with van der Waals surface area (Å²) in [7, 11) is 0. The first-order valence-electron chi connectivity index (χ1n) is 5.45. The van der Waals surface area contributed by atoms with Crippen LogP contribution in [0.15, 0.2) is 29.8 Å². The fourth-order valence-corrected chi connectivity index (χ4v) is 1.58. The van der Waals surface area contributed by atoms with Crippen LogP contribution >= 0.6 is 0 Å². The van der Waals surface area contributed by atoms with Crippen molar-refractivity contribution in [2.75, 3.05) is 0 Å². The molecule has 1 rings (SSSR count). The molecule has 0 bridgehead atoms.